The van der Waals surface area contributed by atoms with Crippen LogP contribution in [0.1, 0.15) is 63.9 Å². The number of carbonyl (C=O) groups excluding carboxylic acids is 3. The Bertz CT molecular complexity index is 1380. The number of hydroxylamine groups is 1. The minimum atomic E-state index is -1.91. The standard InChI is InChI=1S/C31H43N7O6/c1-2-38-28-25(17-33-38)27(34-22-3-5-23(41)6-4-22)24(16-32-28)26-15-31(44-35-26,29(42)36-11-7-20(18-39)8-12-36)30(43)37-13-9-21(19-40)10-14-37/h15-17,20-22,35,39-40H,2-14,18-19H2,1H3,(H,32,34). The molecule has 0 spiro atoms. The first kappa shape index (κ1) is 30.5. The third-order valence-corrected chi connectivity index (χ3v) is 9.77. The number of carbonyl (C=O) groups is 3. The normalized spacial score (nSPS) is 21.9. The van der Waals surface area contributed by atoms with Crippen LogP contribution >= 0.6 is 0 Å². The highest BCUT2D eigenvalue weighted by atomic mass is 16.7. The third-order valence-electron chi connectivity index (χ3n) is 9.77. The zero-order chi connectivity index (χ0) is 30.8. The molecule has 44 heavy (non-hydrogen) atoms. The lowest BCUT2D eigenvalue weighted by atomic mass is 9.91. The summed E-state index contributed by atoms with van der Waals surface area (Å²) >= 11 is 0. The van der Waals surface area contributed by atoms with Gasteiger partial charge in [-0.15, -0.1) is 0 Å². The summed E-state index contributed by atoms with van der Waals surface area (Å²) in [5, 5.41) is 28.2. The summed E-state index contributed by atoms with van der Waals surface area (Å²) in [5.74, 6) is -0.342. The second-order valence-electron chi connectivity index (χ2n) is 12.5. The Morgan fingerprint density at radius 3 is 2.11 bits per heavy atom. The third kappa shape index (κ3) is 5.68. The van der Waals surface area contributed by atoms with Gasteiger partial charge in [0, 0.05) is 76.6 Å². The lowest BCUT2D eigenvalue weighted by Gasteiger charge is -2.39. The minimum Gasteiger partial charge on any atom is -0.396 e. The van der Waals surface area contributed by atoms with Gasteiger partial charge in [-0.1, -0.05) is 0 Å². The number of likely N-dealkylation sites (tertiary alicyclic amines) is 2. The molecule has 3 aliphatic heterocycles. The first-order valence-corrected chi connectivity index (χ1v) is 16.0. The molecule has 6 rings (SSSR count). The van der Waals surface area contributed by atoms with Crippen molar-refractivity contribution >= 4 is 40.0 Å². The number of hydrogen-bond donors (Lipinski definition) is 4. The maximum atomic E-state index is 14.3. The molecule has 2 saturated heterocycles. The monoisotopic (exact) mass is 609 g/mol. The highest BCUT2D eigenvalue weighted by molar-refractivity contribution is 6.13. The number of aryl methyl sites for hydroxylation is 1. The van der Waals surface area contributed by atoms with E-state index in [2.05, 4.69) is 15.9 Å². The molecule has 0 radical (unpaired) electrons. The molecule has 238 valence electrons. The van der Waals surface area contributed by atoms with Gasteiger partial charge < -0.3 is 25.3 Å². The van der Waals surface area contributed by atoms with Gasteiger partial charge in [0.2, 0.25) is 0 Å². The number of rotatable bonds is 8. The van der Waals surface area contributed by atoms with E-state index in [1.807, 2.05) is 11.6 Å². The van der Waals surface area contributed by atoms with Crippen LogP contribution < -0.4 is 10.8 Å². The molecule has 0 unspecified atom stereocenters. The quantitative estimate of drug-likeness (QED) is 0.322. The molecular weight excluding hydrogens is 566 g/mol. The number of amides is 2. The molecule has 2 aromatic rings. The Morgan fingerprint density at radius 1 is 0.977 bits per heavy atom. The van der Waals surface area contributed by atoms with Crippen molar-refractivity contribution in [1.29, 1.82) is 0 Å². The van der Waals surface area contributed by atoms with Gasteiger partial charge in [-0.25, -0.2) is 14.5 Å². The number of piperidine rings is 2. The molecule has 1 aliphatic carbocycles. The highest BCUT2D eigenvalue weighted by Gasteiger charge is 2.54. The van der Waals surface area contributed by atoms with E-state index in [4.69, 9.17) is 9.82 Å². The number of aliphatic hydroxyl groups excluding tert-OH is 2. The Morgan fingerprint density at radius 2 is 1.57 bits per heavy atom. The molecule has 3 fully saturated rings. The van der Waals surface area contributed by atoms with Crippen molar-refractivity contribution in [3.63, 3.8) is 0 Å². The van der Waals surface area contributed by atoms with Crippen molar-refractivity contribution in [3.8, 4) is 0 Å². The topological polar surface area (TPSA) is 162 Å². The molecule has 4 N–H and O–H groups in total. The zero-order valence-electron chi connectivity index (χ0n) is 25.3. The van der Waals surface area contributed by atoms with Crippen LogP contribution in [-0.2, 0) is 25.8 Å². The second kappa shape index (κ2) is 12.8. The van der Waals surface area contributed by atoms with E-state index < -0.39 is 17.4 Å². The summed E-state index contributed by atoms with van der Waals surface area (Å²) in [6.07, 6.45) is 10.1. The first-order valence-electron chi connectivity index (χ1n) is 16.0. The Balaban J connectivity index is 1.38. The molecule has 13 nitrogen and oxygen atoms in total. The predicted octanol–water partition coefficient (Wildman–Crippen LogP) is 1.45. The maximum absolute atomic E-state index is 14.3. The summed E-state index contributed by atoms with van der Waals surface area (Å²) in [5.41, 5.74) is 3.60. The van der Waals surface area contributed by atoms with Gasteiger partial charge in [0.1, 0.15) is 5.78 Å². The van der Waals surface area contributed by atoms with Crippen molar-refractivity contribution < 1.29 is 29.4 Å². The fourth-order valence-electron chi connectivity index (χ4n) is 6.85. The lowest BCUT2D eigenvalue weighted by Crippen LogP contribution is -2.61. The summed E-state index contributed by atoms with van der Waals surface area (Å²) in [7, 11) is 0. The fraction of sp³-hybridized carbons (Fsp3) is 0.645. The van der Waals surface area contributed by atoms with E-state index in [1.54, 1.807) is 28.3 Å². The van der Waals surface area contributed by atoms with Crippen molar-refractivity contribution in [3.05, 3.63) is 24.0 Å². The van der Waals surface area contributed by atoms with Crippen LogP contribution in [0, 0.1) is 11.8 Å². The van der Waals surface area contributed by atoms with E-state index in [1.165, 1.54) is 0 Å². The van der Waals surface area contributed by atoms with Crippen molar-refractivity contribution in [2.75, 3.05) is 44.7 Å². The lowest BCUT2D eigenvalue weighted by molar-refractivity contribution is -0.172. The molecule has 0 atom stereocenters. The summed E-state index contributed by atoms with van der Waals surface area (Å²) < 4.78 is 1.81. The Hall–Kier alpha value is -3.55. The van der Waals surface area contributed by atoms with Gasteiger partial charge in [-0.2, -0.15) is 5.10 Å². The summed E-state index contributed by atoms with van der Waals surface area (Å²) in [6, 6.07) is 0.0682. The molecule has 5 heterocycles. The number of aliphatic hydroxyl groups is 2. The van der Waals surface area contributed by atoms with E-state index in [9.17, 15) is 24.6 Å². The van der Waals surface area contributed by atoms with Gasteiger partial charge in [0.25, 0.3) is 17.4 Å². The number of anilines is 1. The molecule has 2 aromatic heterocycles. The number of nitrogens with one attached hydrogen (secondary N) is 2. The largest absolute Gasteiger partial charge is 0.396 e. The van der Waals surface area contributed by atoms with Gasteiger partial charge >= 0.3 is 0 Å². The van der Waals surface area contributed by atoms with Crippen LogP contribution in [0.25, 0.3) is 16.7 Å². The Kier molecular flexibility index (Phi) is 8.88. The second-order valence-corrected chi connectivity index (χ2v) is 12.5. The smallest absolute Gasteiger partial charge is 0.272 e. The zero-order valence-corrected chi connectivity index (χ0v) is 25.3. The van der Waals surface area contributed by atoms with E-state index in [0.717, 1.165) is 11.1 Å². The Labute approximate surface area is 256 Å². The number of nitrogens with zero attached hydrogens (tertiary/aromatic N) is 5. The van der Waals surface area contributed by atoms with Crippen LogP contribution in [0.5, 0.6) is 0 Å². The van der Waals surface area contributed by atoms with Gasteiger partial charge in [-0.05, 0) is 63.4 Å². The van der Waals surface area contributed by atoms with Crippen molar-refractivity contribution in [1.82, 2.24) is 30.0 Å². The number of ketones is 1. The summed E-state index contributed by atoms with van der Waals surface area (Å²) in [6.45, 7) is 4.49. The number of pyridine rings is 1. The molecule has 13 heteroatoms. The first-order chi connectivity index (χ1) is 21.4. The highest BCUT2D eigenvalue weighted by Crippen LogP contribution is 2.38. The average molecular weight is 610 g/mol. The average Bonchev–Trinajstić information content (AvgIpc) is 3.71. The van der Waals surface area contributed by atoms with Gasteiger partial charge in [0.05, 0.1) is 23.0 Å². The number of Topliss-reactive ketones (excluding diaryl/α,β-unsaturated/α-hetero) is 1. The van der Waals surface area contributed by atoms with E-state index in [-0.39, 0.29) is 36.9 Å². The molecule has 0 aromatic carbocycles. The van der Waals surface area contributed by atoms with Crippen LogP contribution in [0.3, 0.4) is 0 Å². The summed E-state index contributed by atoms with van der Waals surface area (Å²) in [4.78, 5) is 54.6. The SMILES string of the molecule is CCn1ncc2c(NC3CCC(=O)CC3)c(C3=CC(C(=O)N4CCC(CO)CC4)(C(=O)N4CCC(CO)CC4)ON3)cnc21. The van der Waals surface area contributed by atoms with Crippen LogP contribution in [0.4, 0.5) is 5.69 Å². The predicted molar refractivity (Wildman–Crippen MR) is 162 cm³/mol. The number of aromatic nitrogens is 3. The molecule has 4 aliphatic rings. The van der Waals surface area contributed by atoms with Crippen LogP contribution in [-0.4, -0.2) is 103 Å². The van der Waals surface area contributed by atoms with Gasteiger partial charge in [0.15, 0.2) is 5.65 Å². The van der Waals surface area contributed by atoms with Crippen molar-refractivity contribution in [2.24, 2.45) is 11.8 Å². The van der Waals surface area contributed by atoms with E-state index in [0.29, 0.717) is 101 Å². The molecule has 0 bridgehead atoms. The van der Waals surface area contributed by atoms with Gasteiger partial charge in [-0.3, -0.25) is 19.9 Å². The van der Waals surface area contributed by atoms with Crippen molar-refractivity contribution in [2.45, 2.75) is 76.5 Å². The van der Waals surface area contributed by atoms with Crippen LogP contribution in [0.2, 0.25) is 0 Å². The molecular formula is C31H43N7O6. The van der Waals surface area contributed by atoms with E-state index >= 15 is 0 Å². The maximum Gasteiger partial charge on any atom is 0.272 e. The van der Waals surface area contributed by atoms with Crippen LogP contribution in [0.15, 0.2) is 18.5 Å². The number of hydrogen-bond acceptors (Lipinski definition) is 10. The molecule has 1 saturated carbocycles. The fourth-order valence-corrected chi connectivity index (χ4v) is 6.85. The number of fused-ring (bicyclic) bond motifs is 1. The minimum absolute atomic E-state index is 0.0682. The molecule has 2 amide bonds.